The molecule has 0 aliphatic carbocycles. The first-order chi connectivity index (χ1) is 20.3. The molecule has 42 heavy (non-hydrogen) atoms. The average molecular weight is 593 g/mol. The molecule has 3 aliphatic rings. The summed E-state index contributed by atoms with van der Waals surface area (Å²) in [6.45, 7) is 8.75. The minimum atomic E-state index is -1.26. The zero-order valence-electron chi connectivity index (χ0n) is 23.3. The van der Waals surface area contributed by atoms with E-state index in [-0.39, 0.29) is 17.6 Å². The summed E-state index contributed by atoms with van der Waals surface area (Å²) < 4.78 is 16.5. The molecule has 1 aromatic heterocycles. The Morgan fingerprint density at radius 1 is 1.12 bits per heavy atom. The van der Waals surface area contributed by atoms with Crippen molar-refractivity contribution in [2.24, 2.45) is 4.99 Å². The highest BCUT2D eigenvalue weighted by atomic mass is 32.2. The number of nitrogens with one attached hydrogen (secondary N) is 2. The Balaban J connectivity index is 1.01. The molecule has 1 saturated heterocycles. The number of rotatable bonds is 9. The van der Waals surface area contributed by atoms with Gasteiger partial charge in [0, 0.05) is 36.3 Å². The van der Waals surface area contributed by atoms with Crippen molar-refractivity contribution in [1.29, 1.82) is 0 Å². The highest BCUT2D eigenvalue weighted by Crippen LogP contribution is 2.46. The number of morpholine rings is 1. The van der Waals surface area contributed by atoms with E-state index in [0.717, 1.165) is 66.5 Å². The van der Waals surface area contributed by atoms with E-state index >= 15 is 0 Å². The number of amidine groups is 1. The fraction of sp³-hybridized carbons (Fsp3) is 0.379. The number of thioether (sulfide) groups is 1. The number of ether oxygens (including phenoxy) is 2. The molecule has 220 valence electrons. The zero-order chi connectivity index (χ0) is 29.3. The lowest BCUT2D eigenvalue weighted by atomic mass is 9.91. The molecule has 0 bridgehead atoms. The lowest BCUT2D eigenvalue weighted by Crippen LogP contribution is -2.38. The van der Waals surface area contributed by atoms with Gasteiger partial charge >= 0.3 is 12.0 Å². The van der Waals surface area contributed by atoms with Crippen LogP contribution in [0.25, 0.3) is 0 Å². The second kappa shape index (κ2) is 11.7. The van der Waals surface area contributed by atoms with Gasteiger partial charge in [-0.1, -0.05) is 17.3 Å². The van der Waals surface area contributed by atoms with Crippen LogP contribution in [0.3, 0.4) is 0 Å². The quantitative estimate of drug-likeness (QED) is 0.327. The Morgan fingerprint density at radius 3 is 2.67 bits per heavy atom. The predicted molar refractivity (Wildman–Crippen MR) is 159 cm³/mol. The number of aromatic nitrogens is 1. The van der Waals surface area contributed by atoms with Crippen molar-refractivity contribution >= 4 is 46.1 Å². The second-order valence-electron chi connectivity index (χ2n) is 10.8. The smallest absolute Gasteiger partial charge is 0.324 e. The van der Waals surface area contributed by atoms with E-state index in [2.05, 4.69) is 37.7 Å². The van der Waals surface area contributed by atoms with Crippen molar-refractivity contribution in [3.63, 3.8) is 0 Å². The summed E-state index contributed by atoms with van der Waals surface area (Å²) in [5, 5.41) is 19.4. The zero-order valence-corrected chi connectivity index (χ0v) is 24.1. The molecule has 0 saturated carbocycles. The number of nitrogens with zero attached hydrogens (tertiary/aromatic N) is 4. The molecule has 0 radical (unpaired) electrons. The molecule has 3 aromatic rings. The highest BCUT2D eigenvalue weighted by Gasteiger charge is 2.36. The van der Waals surface area contributed by atoms with Gasteiger partial charge in [-0.05, 0) is 61.5 Å². The minimum absolute atomic E-state index is 0.0147. The summed E-state index contributed by atoms with van der Waals surface area (Å²) >= 11 is 1.66. The first-order valence-electron chi connectivity index (χ1n) is 13.7. The van der Waals surface area contributed by atoms with Crippen molar-refractivity contribution in [3.05, 3.63) is 59.9 Å². The van der Waals surface area contributed by atoms with E-state index in [1.807, 2.05) is 30.3 Å². The number of carboxylic acid groups (broad SMARTS) is 1. The van der Waals surface area contributed by atoms with Crippen molar-refractivity contribution in [3.8, 4) is 5.75 Å². The number of hydrogen-bond donors (Lipinski definition) is 3. The van der Waals surface area contributed by atoms with Gasteiger partial charge in [-0.15, -0.1) is 0 Å². The van der Waals surface area contributed by atoms with Crippen LogP contribution >= 0.6 is 11.8 Å². The third kappa shape index (κ3) is 5.94. The highest BCUT2D eigenvalue weighted by molar-refractivity contribution is 8.14. The van der Waals surface area contributed by atoms with Gasteiger partial charge in [0.15, 0.2) is 16.7 Å². The van der Waals surface area contributed by atoms with Crippen molar-refractivity contribution < 1.29 is 28.7 Å². The fourth-order valence-corrected chi connectivity index (χ4v) is 5.98. The van der Waals surface area contributed by atoms with Gasteiger partial charge in [0.25, 0.3) is 0 Å². The van der Waals surface area contributed by atoms with Crippen LogP contribution in [0.5, 0.6) is 5.75 Å². The molecule has 1 unspecified atom stereocenters. The lowest BCUT2D eigenvalue weighted by Gasteiger charge is -2.26. The predicted octanol–water partition coefficient (Wildman–Crippen LogP) is 4.41. The number of benzene rings is 2. The number of carbonyl (C=O) groups excluding carboxylic acids is 1. The van der Waals surface area contributed by atoms with Crippen LogP contribution in [0.15, 0.2) is 62.9 Å². The summed E-state index contributed by atoms with van der Waals surface area (Å²) in [6.07, 6.45) is 0. The maximum absolute atomic E-state index is 12.5. The first-order valence-corrected chi connectivity index (χ1v) is 14.6. The lowest BCUT2D eigenvalue weighted by molar-refractivity contribution is -0.143. The number of aliphatic imine (C=N–C) groups is 1. The van der Waals surface area contributed by atoms with Gasteiger partial charge in [-0.2, -0.15) is 0 Å². The van der Waals surface area contributed by atoms with Crippen LogP contribution < -0.4 is 20.3 Å². The molecule has 6 rings (SSSR count). The van der Waals surface area contributed by atoms with Crippen molar-refractivity contribution in [2.45, 2.75) is 30.2 Å². The molecule has 3 aliphatic heterocycles. The van der Waals surface area contributed by atoms with Gasteiger partial charge in [-0.25, -0.2) is 4.79 Å². The average Bonchev–Trinajstić information content (AvgIpc) is 3.69. The first kappa shape index (κ1) is 28.1. The molecular weight excluding hydrogens is 560 g/mol. The molecule has 2 amide bonds. The largest absolute Gasteiger partial charge is 0.492 e. The third-order valence-electron chi connectivity index (χ3n) is 7.51. The monoisotopic (exact) mass is 592 g/mol. The van der Waals surface area contributed by atoms with Crippen molar-refractivity contribution in [2.75, 3.05) is 61.5 Å². The molecule has 0 spiro atoms. The van der Waals surface area contributed by atoms with Crippen LogP contribution in [-0.4, -0.2) is 78.3 Å². The maximum Gasteiger partial charge on any atom is 0.324 e. The third-order valence-corrected chi connectivity index (χ3v) is 8.57. The molecular formula is C29H32N6O6S. The Bertz CT molecular complexity index is 1500. The molecule has 2 aromatic carbocycles. The summed E-state index contributed by atoms with van der Waals surface area (Å²) in [7, 11) is 0. The Hall–Kier alpha value is -4.07. The summed E-state index contributed by atoms with van der Waals surface area (Å²) in [5.74, 6) is 0.0792. The summed E-state index contributed by atoms with van der Waals surface area (Å²) in [6, 6.07) is 14.6. The van der Waals surface area contributed by atoms with Crippen LogP contribution in [0, 0.1) is 0 Å². The van der Waals surface area contributed by atoms with Gasteiger partial charge in [0.05, 0.1) is 31.5 Å². The second-order valence-corrected chi connectivity index (χ2v) is 11.8. The number of aliphatic carboxylic acids is 1. The molecule has 12 nitrogen and oxygen atoms in total. The van der Waals surface area contributed by atoms with E-state index in [1.165, 1.54) is 19.9 Å². The summed E-state index contributed by atoms with van der Waals surface area (Å²) in [4.78, 5) is 34.6. The number of hydrogen-bond acceptors (Lipinski definition) is 10. The molecule has 4 heterocycles. The van der Waals surface area contributed by atoms with Gasteiger partial charge in [0.1, 0.15) is 17.8 Å². The molecule has 3 N–H and O–H groups in total. The fourth-order valence-electron chi connectivity index (χ4n) is 4.86. The Labute approximate surface area is 247 Å². The SMILES string of the molecule is CC(C)(C(=O)O)c1cc(NC(=O)Nc2ccc(C3CN4C(=N3)Sc3cc(OCCN5CCOCC5)ccc34)cc2)no1. The normalized spacial score (nSPS) is 18.3. The molecule has 1 atom stereocenters. The van der Waals surface area contributed by atoms with E-state index < -0.39 is 17.4 Å². The van der Waals surface area contributed by atoms with Gasteiger partial charge in [-0.3, -0.25) is 20.0 Å². The van der Waals surface area contributed by atoms with E-state index in [1.54, 1.807) is 11.8 Å². The Morgan fingerprint density at radius 2 is 1.90 bits per heavy atom. The summed E-state index contributed by atoms with van der Waals surface area (Å²) in [5.41, 5.74) is 1.52. The van der Waals surface area contributed by atoms with E-state index in [4.69, 9.17) is 19.0 Å². The van der Waals surface area contributed by atoms with Gasteiger partial charge < -0.3 is 29.3 Å². The van der Waals surface area contributed by atoms with Crippen molar-refractivity contribution in [1.82, 2.24) is 10.1 Å². The minimum Gasteiger partial charge on any atom is -0.492 e. The topological polar surface area (TPSA) is 142 Å². The Kier molecular flexibility index (Phi) is 7.80. The number of fused-ring (bicyclic) bond motifs is 3. The van der Waals surface area contributed by atoms with E-state index in [0.29, 0.717) is 12.3 Å². The van der Waals surface area contributed by atoms with Crippen LogP contribution in [0.2, 0.25) is 0 Å². The standard InChI is InChI=1S/C29H32N6O6S/c1-29(2,26(36)37)24-16-25(33-41-24)32-27(38)30-19-5-3-18(4-6-19)21-17-35-22-8-7-20(15-23(22)42-28(35)31-21)40-14-11-34-9-12-39-13-10-34/h3-8,15-16,21H,9-14,17H2,1-2H3,(H,36,37)(H2,30,32,33,38). The number of urea groups is 1. The van der Waals surface area contributed by atoms with Crippen LogP contribution in [-0.2, 0) is 14.9 Å². The molecule has 13 heteroatoms. The number of carbonyl (C=O) groups is 2. The number of amides is 2. The van der Waals surface area contributed by atoms with Crippen LogP contribution in [0.4, 0.5) is 22.0 Å². The van der Waals surface area contributed by atoms with E-state index in [9.17, 15) is 14.7 Å². The maximum atomic E-state index is 12.5. The molecule has 1 fully saturated rings. The number of carboxylic acids is 1. The van der Waals surface area contributed by atoms with Crippen LogP contribution in [0.1, 0.15) is 31.2 Å². The number of anilines is 3. The van der Waals surface area contributed by atoms with Gasteiger partial charge in [0.2, 0.25) is 0 Å².